The van der Waals surface area contributed by atoms with Crippen LogP contribution in [0.3, 0.4) is 0 Å². The van der Waals surface area contributed by atoms with Gasteiger partial charge in [-0.2, -0.15) is 0 Å². The molecule has 0 spiro atoms. The van der Waals surface area contributed by atoms with Gasteiger partial charge in [-0.25, -0.2) is 4.98 Å². The number of hydrogen-bond donors (Lipinski definition) is 1. The van der Waals surface area contributed by atoms with Gasteiger partial charge in [0.05, 0.1) is 11.0 Å². The van der Waals surface area contributed by atoms with Crippen molar-refractivity contribution in [2.24, 2.45) is 0 Å². The number of benzene rings is 2. The number of aryl methyl sites for hydroxylation is 1. The number of nitrogens with zero attached hydrogens (tertiary/aromatic N) is 2. The van der Waals surface area contributed by atoms with Crippen molar-refractivity contribution >= 4 is 16.7 Å². The Balaban J connectivity index is 1.75. The van der Waals surface area contributed by atoms with Gasteiger partial charge in [0, 0.05) is 18.3 Å². The third kappa shape index (κ3) is 2.48. The van der Waals surface area contributed by atoms with E-state index in [0.29, 0.717) is 12.4 Å². The zero-order valence-corrected chi connectivity index (χ0v) is 12.7. The third-order valence-corrected chi connectivity index (χ3v) is 3.88. The van der Waals surface area contributed by atoms with Crippen LogP contribution in [0.15, 0.2) is 60.8 Å². The second-order valence-electron chi connectivity index (χ2n) is 5.63. The van der Waals surface area contributed by atoms with Gasteiger partial charge in [0.25, 0.3) is 0 Å². The van der Waals surface area contributed by atoms with Crippen LogP contribution in [0.25, 0.3) is 16.7 Å². The summed E-state index contributed by atoms with van der Waals surface area (Å²) >= 11 is 0. The fraction of sp³-hybridized carbons (Fsp3) is 0.105. The quantitative estimate of drug-likeness (QED) is 0.620. The highest BCUT2D eigenvalue weighted by Gasteiger charge is 2.11. The highest BCUT2D eigenvalue weighted by Crippen LogP contribution is 2.32. The molecule has 0 fully saturated rings. The maximum absolute atomic E-state index is 10.2. The standard InChI is InChI=1S/C19H16N2O2/c1-13-7-8-21-16-11-18(23-12-14-5-3-2-4-6-14)17(22)10-15(16)20-19(21)9-13/h2-11,22H,12H2,1H3. The maximum atomic E-state index is 10.2. The van der Waals surface area contributed by atoms with Gasteiger partial charge < -0.3 is 9.84 Å². The largest absolute Gasteiger partial charge is 0.504 e. The number of aromatic nitrogens is 2. The number of phenolic OH excluding ortho intramolecular Hbond substituents is 1. The van der Waals surface area contributed by atoms with Crippen LogP contribution in [0.1, 0.15) is 11.1 Å². The third-order valence-electron chi connectivity index (χ3n) is 3.88. The molecular formula is C19H16N2O2. The van der Waals surface area contributed by atoms with Crippen molar-refractivity contribution in [1.82, 2.24) is 9.38 Å². The van der Waals surface area contributed by atoms with E-state index >= 15 is 0 Å². The molecular weight excluding hydrogens is 288 g/mol. The molecule has 1 N–H and O–H groups in total. The van der Waals surface area contributed by atoms with Gasteiger partial charge in [0.2, 0.25) is 0 Å². The zero-order valence-electron chi connectivity index (χ0n) is 12.7. The fourth-order valence-electron chi connectivity index (χ4n) is 2.68. The first-order valence-corrected chi connectivity index (χ1v) is 7.49. The Morgan fingerprint density at radius 2 is 1.91 bits per heavy atom. The average Bonchev–Trinajstić information content (AvgIpc) is 2.89. The van der Waals surface area contributed by atoms with E-state index in [4.69, 9.17) is 4.74 Å². The number of pyridine rings is 1. The lowest BCUT2D eigenvalue weighted by Crippen LogP contribution is -1.95. The molecule has 2 heterocycles. The average molecular weight is 304 g/mol. The van der Waals surface area contributed by atoms with Crippen LogP contribution in [0.2, 0.25) is 0 Å². The van der Waals surface area contributed by atoms with E-state index in [1.165, 1.54) is 0 Å². The maximum Gasteiger partial charge on any atom is 0.163 e. The van der Waals surface area contributed by atoms with Gasteiger partial charge in [-0.15, -0.1) is 0 Å². The molecule has 2 aromatic heterocycles. The molecule has 0 bridgehead atoms. The molecule has 114 valence electrons. The molecule has 0 aliphatic heterocycles. The molecule has 4 rings (SSSR count). The number of imidazole rings is 1. The summed E-state index contributed by atoms with van der Waals surface area (Å²) in [6, 6.07) is 17.4. The molecule has 0 aliphatic carbocycles. The Bertz CT molecular complexity index is 991. The molecule has 4 heteroatoms. The summed E-state index contributed by atoms with van der Waals surface area (Å²) in [4.78, 5) is 4.54. The minimum Gasteiger partial charge on any atom is -0.504 e. The van der Waals surface area contributed by atoms with Gasteiger partial charge >= 0.3 is 0 Å². The zero-order chi connectivity index (χ0) is 15.8. The van der Waals surface area contributed by atoms with Crippen molar-refractivity contribution in [3.63, 3.8) is 0 Å². The SMILES string of the molecule is Cc1ccn2c(c1)nc1cc(O)c(OCc3ccccc3)cc12. The van der Waals surface area contributed by atoms with E-state index in [2.05, 4.69) is 4.98 Å². The van der Waals surface area contributed by atoms with Gasteiger partial charge in [-0.3, -0.25) is 4.40 Å². The summed E-state index contributed by atoms with van der Waals surface area (Å²) in [5.41, 5.74) is 4.74. The van der Waals surface area contributed by atoms with Gasteiger partial charge in [-0.1, -0.05) is 30.3 Å². The van der Waals surface area contributed by atoms with E-state index in [1.54, 1.807) is 6.07 Å². The summed E-state index contributed by atoms with van der Waals surface area (Å²) in [6.07, 6.45) is 1.98. The Morgan fingerprint density at radius 1 is 1.09 bits per heavy atom. The molecule has 0 unspecified atom stereocenters. The summed E-state index contributed by atoms with van der Waals surface area (Å²) in [7, 11) is 0. The minimum atomic E-state index is 0.105. The van der Waals surface area contributed by atoms with Crippen LogP contribution >= 0.6 is 0 Å². The minimum absolute atomic E-state index is 0.105. The molecule has 0 aliphatic rings. The van der Waals surface area contributed by atoms with E-state index in [1.807, 2.05) is 66.1 Å². The van der Waals surface area contributed by atoms with E-state index in [0.717, 1.165) is 27.8 Å². The molecule has 0 amide bonds. The molecule has 0 atom stereocenters. The number of phenols is 1. The summed E-state index contributed by atoms with van der Waals surface area (Å²) < 4.78 is 7.78. The van der Waals surface area contributed by atoms with Crippen molar-refractivity contribution in [3.05, 3.63) is 71.9 Å². The van der Waals surface area contributed by atoms with Crippen molar-refractivity contribution in [3.8, 4) is 11.5 Å². The lowest BCUT2D eigenvalue weighted by atomic mass is 10.2. The van der Waals surface area contributed by atoms with Crippen molar-refractivity contribution in [1.29, 1.82) is 0 Å². The Labute approximate surface area is 133 Å². The van der Waals surface area contributed by atoms with Gasteiger partial charge in [0.15, 0.2) is 11.5 Å². The van der Waals surface area contributed by atoms with Crippen molar-refractivity contribution in [2.45, 2.75) is 13.5 Å². The Hall–Kier alpha value is -3.01. The number of hydrogen-bond acceptors (Lipinski definition) is 3. The normalized spacial score (nSPS) is 11.2. The first-order valence-electron chi connectivity index (χ1n) is 7.49. The second-order valence-corrected chi connectivity index (χ2v) is 5.63. The van der Waals surface area contributed by atoms with Gasteiger partial charge in [-0.05, 0) is 30.2 Å². The van der Waals surface area contributed by atoms with E-state index in [-0.39, 0.29) is 5.75 Å². The molecule has 0 radical (unpaired) electrons. The number of fused-ring (bicyclic) bond motifs is 3. The molecule has 0 saturated heterocycles. The Kier molecular flexibility index (Phi) is 3.15. The first-order chi connectivity index (χ1) is 11.2. The first kappa shape index (κ1) is 13.6. The lowest BCUT2D eigenvalue weighted by molar-refractivity contribution is 0.289. The summed E-state index contributed by atoms with van der Waals surface area (Å²) in [5.74, 6) is 0.567. The lowest BCUT2D eigenvalue weighted by Gasteiger charge is -2.08. The molecule has 23 heavy (non-hydrogen) atoms. The highest BCUT2D eigenvalue weighted by atomic mass is 16.5. The van der Waals surface area contributed by atoms with Crippen LogP contribution in [0.5, 0.6) is 11.5 Å². The van der Waals surface area contributed by atoms with Crippen molar-refractivity contribution in [2.75, 3.05) is 0 Å². The topological polar surface area (TPSA) is 46.8 Å². The van der Waals surface area contributed by atoms with Crippen LogP contribution in [-0.4, -0.2) is 14.5 Å². The van der Waals surface area contributed by atoms with Crippen molar-refractivity contribution < 1.29 is 9.84 Å². The highest BCUT2D eigenvalue weighted by molar-refractivity contribution is 5.84. The smallest absolute Gasteiger partial charge is 0.163 e. The van der Waals surface area contributed by atoms with Crippen LogP contribution in [-0.2, 0) is 6.61 Å². The van der Waals surface area contributed by atoms with Crippen LogP contribution < -0.4 is 4.74 Å². The predicted molar refractivity (Wildman–Crippen MR) is 89.9 cm³/mol. The van der Waals surface area contributed by atoms with Crippen LogP contribution in [0, 0.1) is 6.92 Å². The molecule has 4 nitrogen and oxygen atoms in total. The molecule has 0 saturated carbocycles. The van der Waals surface area contributed by atoms with E-state index in [9.17, 15) is 5.11 Å². The van der Waals surface area contributed by atoms with Gasteiger partial charge in [0.1, 0.15) is 12.3 Å². The number of ether oxygens (including phenoxy) is 1. The van der Waals surface area contributed by atoms with Crippen LogP contribution in [0.4, 0.5) is 0 Å². The predicted octanol–water partition coefficient (Wildman–Crippen LogP) is 4.08. The Morgan fingerprint density at radius 3 is 2.74 bits per heavy atom. The van der Waals surface area contributed by atoms with E-state index < -0.39 is 0 Å². The monoisotopic (exact) mass is 304 g/mol. The fourth-order valence-corrected chi connectivity index (χ4v) is 2.68. The summed E-state index contributed by atoms with van der Waals surface area (Å²) in [6.45, 7) is 2.45. The molecule has 4 aromatic rings. The number of rotatable bonds is 3. The summed E-state index contributed by atoms with van der Waals surface area (Å²) in [5, 5.41) is 10.2. The molecule has 2 aromatic carbocycles. The second kappa shape index (κ2) is 5.32. The number of aromatic hydroxyl groups is 1.